The first kappa shape index (κ1) is 18.5. The van der Waals surface area contributed by atoms with Crippen molar-refractivity contribution in [3.8, 4) is 5.75 Å². The lowest BCUT2D eigenvalue weighted by atomic mass is 9.89. The largest absolute Gasteiger partial charge is 0.497 e. The number of amides is 3. The van der Waals surface area contributed by atoms with Crippen LogP contribution in [0, 0.1) is 0 Å². The minimum absolute atomic E-state index is 0.214. The van der Waals surface area contributed by atoms with E-state index >= 15 is 0 Å². The zero-order valence-corrected chi connectivity index (χ0v) is 14.6. The van der Waals surface area contributed by atoms with E-state index in [-0.39, 0.29) is 18.5 Å². The highest BCUT2D eigenvalue weighted by atomic mass is 16.5. The Bertz CT molecular complexity index is 669. The van der Waals surface area contributed by atoms with Crippen LogP contribution in [0.2, 0.25) is 0 Å². The highest BCUT2D eigenvalue weighted by molar-refractivity contribution is 6.07. The van der Waals surface area contributed by atoms with Gasteiger partial charge in [-0.2, -0.15) is 0 Å². The van der Waals surface area contributed by atoms with Gasteiger partial charge >= 0.3 is 6.03 Å². The Kier molecular flexibility index (Phi) is 5.80. The predicted octanol–water partition coefficient (Wildman–Crippen LogP) is 3.54. The number of carbonyl (C=O) groups is 2. The summed E-state index contributed by atoms with van der Waals surface area (Å²) in [6.07, 6.45) is 5.71. The number of hydrogen-bond donors (Lipinski definition) is 0. The minimum atomic E-state index is -0.971. The second-order valence-corrected chi connectivity index (χ2v) is 5.94. The summed E-state index contributed by atoms with van der Waals surface area (Å²) in [6.45, 7) is 11.7. The summed E-state index contributed by atoms with van der Waals surface area (Å²) in [4.78, 5) is 28.9. The van der Waals surface area contributed by atoms with Gasteiger partial charge in [0.05, 0.1) is 13.7 Å². The molecule has 1 saturated heterocycles. The number of nitrogens with zero attached hydrogens (tertiary/aromatic N) is 2. The van der Waals surface area contributed by atoms with Crippen LogP contribution in [0.5, 0.6) is 5.75 Å². The fourth-order valence-electron chi connectivity index (χ4n) is 3.17. The molecule has 0 bridgehead atoms. The molecule has 1 fully saturated rings. The molecular weight excluding hydrogens is 316 g/mol. The third-order valence-corrected chi connectivity index (χ3v) is 4.40. The van der Waals surface area contributed by atoms with Crippen LogP contribution in [0.3, 0.4) is 0 Å². The lowest BCUT2D eigenvalue weighted by Gasteiger charge is -2.32. The van der Waals surface area contributed by atoms with Gasteiger partial charge in [0.25, 0.3) is 5.91 Å². The van der Waals surface area contributed by atoms with Crippen LogP contribution >= 0.6 is 0 Å². The van der Waals surface area contributed by atoms with Crippen molar-refractivity contribution in [2.24, 2.45) is 0 Å². The summed E-state index contributed by atoms with van der Waals surface area (Å²) in [5.41, 5.74) is -0.115. The van der Waals surface area contributed by atoms with Crippen molar-refractivity contribution in [3.63, 3.8) is 0 Å². The summed E-state index contributed by atoms with van der Waals surface area (Å²) >= 11 is 0. The van der Waals surface area contributed by atoms with Gasteiger partial charge in [-0.1, -0.05) is 30.4 Å². The molecule has 0 saturated carbocycles. The summed E-state index contributed by atoms with van der Waals surface area (Å²) in [5, 5.41) is 0. The van der Waals surface area contributed by atoms with Gasteiger partial charge in [-0.05, 0) is 30.5 Å². The van der Waals surface area contributed by atoms with E-state index in [0.29, 0.717) is 19.4 Å². The van der Waals surface area contributed by atoms with Crippen LogP contribution in [-0.4, -0.2) is 40.9 Å². The van der Waals surface area contributed by atoms with E-state index in [9.17, 15) is 9.59 Å². The average Bonchev–Trinajstić information content (AvgIpc) is 2.80. The first-order chi connectivity index (χ1) is 12.0. The Labute approximate surface area is 148 Å². The molecule has 3 amide bonds. The van der Waals surface area contributed by atoms with Crippen LogP contribution in [0.25, 0.3) is 0 Å². The van der Waals surface area contributed by atoms with Crippen molar-refractivity contribution in [3.05, 3.63) is 67.8 Å². The molecular formula is C20H24N2O3. The Balaban J connectivity index is 2.36. The number of carbonyl (C=O) groups excluding carboxylic acids is 2. The molecule has 25 heavy (non-hydrogen) atoms. The summed E-state index contributed by atoms with van der Waals surface area (Å²) < 4.78 is 5.14. The number of urea groups is 1. The van der Waals surface area contributed by atoms with Gasteiger partial charge in [-0.25, -0.2) is 4.79 Å². The summed E-state index contributed by atoms with van der Waals surface area (Å²) in [7, 11) is 1.59. The van der Waals surface area contributed by atoms with E-state index < -0.39 is 5.54 Å². The van der Waals surface area contributed by atoms with Gasteiger partial charge in [0.1, 0.15) is 11.3 Å². The highest BCUT2D eigenvalue weighted by Gasteiger charge is 2.55. The Hall–Kier alpha value is -2.82. The molecule has 1 aliphatic rings. The van der Waals surface area contributed by atoms with Gasteiger partial charge in [-0.3, -0.25) is 9.69 Å². The number of ether oxygens (including phenoxy) is 1. The zero-order valence-electron chi connectivity index (χ0n) is 14.6. The van der Waals surface area contributed by atoms with Crippen molar-refractivity contribution < 1.29 is 14.3 Å². The van der Waals surface area contributed by atoms with E-state index in [0.717, 1.165) is 11.3 Å². The zero-order chi connectivity index (χ0) is 18.4. The predicted molar refractivity (Wildman–Crippen MR) is 98.2 cm³/mol. The van der Waals surface area contributed by atoms with Crippen molar-refractivity contribution in [1.29, 1.82) is 0 Å². The van der Waals surface area contributed by atoms with Gasteiger partial charge < -0.3 is 9.64 Å². The molecule has 2 rings (SSSR count). The van der Waals surface area contributed by atoms with Crippen molar-refractivity contribution in [1.82, 2.24) is 9.80 Å². The fraction of sp³-hybridized carbons (Fsp3) is 0.300. The molecule has 0 spiro atoms. The summed E-state index contributed by atoms with van der Waals surface area (Å²) in [6, 6.07) is 6.99. The third kappa shape index (κ3) is 3.36. The van der Waals surface area contributed by atoms with E-state index in [4.69, 9.17) is 4.74 Å². The van der Waals surface area contributed by atoms with Crippen LogP contribution in [0.15, 0.2) is 62.2 Å². The fourth-order valence-corrected chi connectivity index (χ4v) is 3.17. The van der Waals surface area contributed by atoms with Gasteiger partial charge in [0, 0.05) is 6.54 Å². The average molecular weight is 340 g/mol. The molecule has 5 heteroatoms. The van der Waals surface area contributed by atoms with E-state index in [1.807, 2.05) is 24.3 Å². The molecule has 132 valence electrons. The highest BCUT2D eigenvalue weighted by Crippen LogP contribution is 2.36. The minimum Gasteiger partial charge on any atom is -0.497 e. The third-order valence-electron chi connectivity index (χ3n) is 4.40. The lowest BCUT2D eigenvalue weighted by Crippen LogP contribution is -2.49. The molecule has 0 atom stereocenters. The molecule has 1 aromatic carbocycles. The standard InChI is InChI=1S/C20H24N2O3/c1-5-12-20(13-6-2)18(23)21(19(24)22(20)14-7-3)15-16-8-10-17(25-4)11-9-16/h5-11H,1-3,12-15H2,4H3. The Morgan fingerprint density at radius 2 is 1.64 bits per heavy atom. The topological polar surface area (TPSA) is 49.9 Å². The molecule has 0 aromatic heterocycles. The van der Waals surface area contributed by atoms with Crippen molar-refractivity contribution >= 4 is 11.9 Å². The molecule has 1 aliphatic heterocycles. The van der Waals surface area contributed by atoms with E-state index in [1.54, 1.807) is 30.2 Å². The molecule has 1 aromatic rings. The van der Waals surface area contributed by atoms with Crippen molar-refractivity contribution in [2.75, 3.05) is 13.7 Å². The van der Waals surface area contributed by atoms with E-state index in [1.165, 1.54) is 4.90 Å². The molecule has 0 aliphatic carbocycles. The first-order valence-electron chi connectivity index (χ1n) is 8.13. The molecule has 0 radical (unpaired) electrons. The van der Waals surface area contributed by atoms with Crippen LogP contribution in [0.4, 0.5) is 4.79 Å². The number of imide groups is 1. The number of benzene rings is 1. The lowest BCUT2D eigenvalue weighted by molar-refractivity contribution is -0.133. The monoisotopic (exact) mass is 340 g/mol. The SMILES string of the molecule is C=CCN1C(=O)N(Cc2ccc(OC)cc2)C(=O)C1(CC=C)CC=C. The molecule has 5 nitrogen and oxygen atoms in total. The van der Waals surface area contributed by atoms with Crippen LogP contribution in [-0.2, 0) is 11.3 Å². The molecule has 0 unspecified atom stereocenters. The number of methoxy groups -OCH3 is 1. The molecule has 0 N–H and O–H groups in total. The van der Waals surface area contributed by atoms with Crippen LogP contribution in [0.1, 0.15) is 18.4 Å². The maximum Gasteiger partial charge on any atom is 0.328 e. The smallest absolute Gasteiger partial charge is 0.328 e. The first-order valence-corrected chi connectivity index (χ1v) is 8.13. The normalized spacial score (nSPS) is 16.0. The Morgan fingerprint density at radius 1 is 1.04 bits per heavy atom. The summed E-state index contributed by atoms with van der Waals surface area (Å²) in [5.74, 6) is 0.499. The quantitative estimate of drug-likeness (QED) is 0.510. The van der Waals surface area contributed by atoms with Crippen molar-refractivity contribution in [2.45, 2.75) is 24.9 Å². The van der Waals surface area contributed by atoms with E-state index in [2.05, 4.69) is 19.7 Å². The maximum absolute atomic E-state index is 13.1. The Morgan fingerprint density at radius 3 is 2.12 bits per heavy atom. The van der Waals surface area contributed by atoms with Crippen LogP contribution < -0.4 is 4.74 Å². The van der Waals surface area contributed by atoms with Gasteiger partial charge in [-0.15, -0.1) is 19.7 Å². The number of rotatable bonds is 9. The van der Waals surface area contributed by atoms with Gasteiger partial charge in [0.2, 0.25) is 0 Å². The second kappa shape index (κ2) is 7.83. The maximum atomic E-state index is 13.1. The number of hydrogen-bond acceptors (Lipinski definition) is 3. The molecule has 1 heterocycles. The second-order valence-electron chi connectivity index (χ2n) is 5.94. The van der Waals surface area contributed by atoms with Gasteiger partial charge in [0.15, 0.2) is 0 Å².